The number of amides is 2. The number of likely N-dealkylation sites (N-methyl/N-ethyl adjacent to an activating group) is 1. The van der Waals surface area contributed by atoms with Crippen molar-refractivity contribution in [1.29, 1.82) is 0 Å². The van der Waals surface area contributed by atoms with E-state index in [0.29, 0.717) is 0 Å². The average Bonchev–Trinajstić information content (AvgIpc) is 2.38. The van der Waals surface area contributed by atoms with Crippen LogP contribution in [0.3, 0.4) is 0 Å². The molecule has 0 radical (unpaired) electrons. The van der Waals surface area contributed by atoms with E-state index in [1.165, 1.54) is 17.0 Å². The molecule has 2 amide bonds. The normalized spacial score (nSPS) is 10.7. The minimum atomic E-state index is -0.624. The number of anilines is 1. The third kappa shape index (κ3) is 6.62. The van der Waals surface area contributed by atoms with Crippen LogP contribution in [0.25, 0.3) is 0 Å². The van der Waals surface area contributed by atoms with Crippen LogP contribution in [0.5, 0.6) is 0 Å². The molecule has 0 unspecified atom stereocenters. The number of carbonyl (C=O) groups is 2. The Balaban J connectivity index is 2.63. The molecular weight excluding hydrogens is 324 g/mol. The van der Waals surface area contributed by atoms with Gasteiger partial charge in [-0.05, 0) is 33.0 Å². The van der Waals surface area contributed by atoms with Gasteiger partial charge in [-0.15, -0.1) is 0 Å². The van der Waals surface area contributed by atoms with Crippen molar-refractivity contribution < 1.29 is 14.5 Å². The molecule has 0 heterocycles. The topological polar surface area (TPSA) is 105 Å². The predicted molar refractivity (Wildman–Crippen MR) is 87.5 cm³/mol. The van der Waals surface area contributed by atoms with Crippen molar-refractivity contribution in [2.75, 3.05) is 25.5 Å². The molecule has 0 fully saturated rings. The van der Waals surface area contributed by atoms with Crippen molar-refractivity contribution in [1.82, 2.24) is 10.2 Å². The van der Waals surface area contributed by atoms with E-state index in [1.807, 2.05) is 13.8 Å². The van der Waals surface area contributed by atoms with E-state index < -0.39 is 10.8 Å². The van der Waals surface area contributed by atoms with Crippen molar-refractivity contribution in [2.45, 2.75) is 19.9 Å². The summed E-state index contributed by atoms with van der Waals surface area (Å²) in [5, 5.41) is 16.3. The number of benzene rings is 1. The van der Waals surface area contributed by atoms with Crippen molar-refractivity contribution in [3.8, 4) is 0 Å². The van der Waals surface area contributed by atoms with E-state index in [1.54, 1.807) is 7.05 Å². The summed E-state index contributed by atoms with van der Waals surface area (Å²) >= 11 is 5.71. The quantitative estimate of drug-likeness (QED) is 0.579. The monoisotopic (exact) mass is 342 g/mol. The summed E-state index contributed by atoms with van der Waals surface area (Å²) in [7, 11) is 1.61. The highest BCUT2D eigenvalue weighted by atomic mass is 35.5. The molecule has 9 heteroatoms. The number of hydrogen-bond acceptors (Lipinski definition) is 5. The molecule has 0 saturated carbocycles. The first-order chi connectivity index (χ1) is 10.7. The second-order valence-corrected chi connectivity index (χ2v) is 5.80. The Labute approximate surface area is 138 Å². The Morgan fingerprint density at radius 3 is 2.48 bits per heavy atom. The molecule has 0 saturated heterocycles. The van der Waals surface area contributed by atoms with E-state index in [-0.39, 0.29) is 41.4 Å². The van der Waals surface area contributed by atoms with Crippen LogP contribution >= 0.6 is 11.6 Å². The minimum absolute atomic E-state index is 0.0152. The van der Waals surface area contributed by atoms with Gasteiger partial charge in [0.1, 0.15) is 5.69 Å². The van der Waals surface area contributed by atoms with Gasteiger partial charge < -0.3 is 10.6 Å². The number of nitrogens with one attached hydrogen (secondary N) is 2. The van der Waals surface area contributed by atoms with Gasteiger partial charge in [0.05, 0.1) is 18.0 Å². The molecular formula is C14H19ClN4O4. The maximum atomic E-state index is 11.9. The number of nitro benzene ring substituents is 1. The fraction of sp³-hybridized carbons (Fsp3) is 0.429. The SMILES string of the molecule is CC(C)NC(=O)CN(C)CC(=O)Nc1ccc(Cl)cc1[N+](=O)[O-]. The van der Waals surface area contributed by atoms with Crippen LogP contribution < -0.4 is 10.6 Å². The molecule has 0 aliphatic rings. The molecule has 0 spiro atoms. The fourth-order valence-electron chi connectivity index (χ4n) is 1.87. The summed E-state index contributed by atoms with van der Waals surface area (Å²) in [4.78, 5) is 35.4. The summed E-state index contributed by atoms with van der Waals surface area (Å²) in [5.41, 5.74) is -0.226. The first kappa shape index (κ1) is 18.9. The summed E-state index contributed by atoms with van der Waals surface area (Å²) < 4.78 is 0. The van der Waals surface area contributed by atoms with Crippen LogP contribution in [0.2, 0.25) is 5.02 Å². The molecule has 1 rings (SSSR count). The van der Waals surface area contributed by atoms with E-state index in [4.69, 9.17) is 11.6 Å². The van der Waals surface area contributed by atoms with Gasteiger partial charge in [-0.2, -0.15) is 0 Å². The second-order valence-electron chi connectivity index (χ2n) is 5.36. The highest BCUT2D eigenvalue weighted by Gasteiger charge is 2.18. The summed E-state index contributed by atoms with van der Waals surface area (Å²) in [6, 6.07) is 3.99. The van der Waals surface area contributed by atoms with E-state index in [2.05, 4.69) is 10.6 Å². The molecule has 1 aromatic rings. The summed E-state index contributed by atoms with van der Waals surface area (Å²) in [6.45, 7) is 3.65. The fourth-order valence-corrected chi connectivity index (χ4v) is 2.03. The largest absolute Gasteiger partial charge is 0.353 e. The zero-order chi connectivity index (χ0) is 17.6. The predicted octanol–water partition coefficient (Wildman–Crippen LogP) is 1.64. The Bertz CT molecular complexity index is 606. The van der Waals surface area contributed by atoms with Crippen LogP contribution in [0.4, 0.5) is 11.4 Å². The molecule has 23 heavy (non-hydrogen) atoms. The number of halogens is 1. The first-order valence-electron chi connectivity index (χ1n) is 6.90. The van der Waals surface area contributed by atoms with E-state index in [0.717, 1.165) is 6.07 Å². The number of carbonyl (C=O) groups excluding carboxylic acids is 2. The van der Waals surface area contributed by atoms with Crippen LogP contribution in [-0.2, 0) is 9.59 Å². The highest BCUT2D eigenvalue weighted by Crippen LogP contribution is 2.27. The second kappa shape index (κ2) is 8.44. The average molecular weight is 343 g/mol. The van der Waals surface area contributed by atoms with Crippen molar-refractivity contribution >= 4 is 34.8 Å². The van der Waals surface area contributed by atoms with Gasteiger partial charge in [0.25, 0.3) is 5.69 Å². The molecule has 126 valence electrons. The molecule has 0 bridgehead atoms. The third-order valence-corrected chi connectivity index (χ3v) is 2.94. The van der Waals surface area contributed by atoms with Crippen molar-refractivity contribution in [3.05, 3.63) is 33.3 Å². The molecule has 1 aromatic carbocycles. The number of rotatable bonds is 7. The molecule has 0 aliphatic heterocycles. The van der Waals surface area contributed by atoms with Gasteiger partial charge in [-0.25, -0.2) is 0 Å². The van der Waals surface area contributed by atoms with Gasteiger partial charge in [0, 0.05) is 17.1 Å². The molecule has 0 aliphatic carbocycles. The minimum Gasteiger partial charge on any atom is -0.353 e. The maximum Gasteiger partial charge on any atom is 0.294 e. The lowest BCUT2D eigenvalue weighted by Crippen LogP contribution is -2.41. The van der Waals surface area contributed by atoms with Crippen molar-refractivity contribution in [2.24, 2.45) is 0 Å². The number of nitro groups is 1. The summed E-state index contributed by atoms with van der Waals surface area (Å²) in [6.07, 6.45) is 0. The van der Waals surface area contributed by atoms with Gasteiger partial charge >= 0.3 is 0 Å². The zero-order valence-corrected chi connectivity index (χ0v) is 13.9. The Morgan fingerprint density at radius 2 is 1.91 bits per heavy atom. The smallest absolute Gasteiger partial charge is 0.294 e. The number of nitrogens with zero attached hydrogens (tertiary/aromatic N) is 2. The van der Waals surface area contributed by atoms with Gasteiger partial charge in [0.2, 0.25) is 11.8 Å². The standard InChI is InChI=1S/C14H19ClN4O4/c1-9(2)16-13(20)7-18(3)8-14(21)17-11-5-4-10(15)6-12(11)19(22)23/h4-6,9H,7-8H2,1-3H3,(H,16,20)(H,17,21). The lowest BCUT2D eigenvalue weighted by Gasteiger charge is -2.17. The Hall–Kier alpha value is -2.19. The summed E-state index contributed by atoms with van der Waals surface area (Å²) in [5.74, 6) is -0.664. The van der Waals surface area contributed by atoms with Crippen LogP contribution in [0.1, 0.15) is 13.8 Å². The third-order valence-electron chi connectivity index (χ3n) is 2.71. The van der Waals surface area contributed by atoms with Crippen molar-refractivity contribution in [3.63, 3.8) is 0 Å². The van der Waals surface area contributed by atoms with Crippen LogP contribution in [-0.4, -0.2) is 47.8 Å². The zero-order valence-electron chi connectivity index (χ0n) is 13.1. The van der Waals surface area contributed by atoms with Gasteiger partial charge in [-0.3, -0.25) is 24.6 Å². The Kier molecular flexibility index (Phi) is 6.92. The Morgan fingerprint density at radius 1 is 1.30 bits per heavy atom. The molecule has 0 atom stereocenters. The lowest BCUT2D eigenvalue weighted by atomic mass is 10.2. The maximum absolute atomic E-state index is 11.9. The van der Waals surface area contributed by atoms with Crippen LogP contribution in [0, 0.1) is 10.1 Å². The van der Waals surface area contributed by atoms with E-state index >= 15 is 0 Å². The molecule has 2 N–H and O–H groups in total. The van der Waals surface area contributed by atoms with Gasteiger partial charge in [-0.1, -0.05) is 11.6 Å². The lowest BCUT2D eigenvalue weighted by molar-refractivity contribution is -0.383. The molecule has 8 nitrogen and oxygen atoms in total. The highest BCUT2D eigenvalue weighted by molar-refractivity contribution is 6.31. The van der Waals surface area contributed by atoms with E-state index in [9.17, 15) is 19.7 Å². The first-order valence-corrected chi connectivity index (χ1v) is 7.28. The van der Waals surface area contributed by atoms with Crippen LogP contribution in [0.15, 0.2) is 18.2 Å². The van der Waals surface area contributed by atoms with Gasteiger partial charge in [0.15, 0.2) is 0 Å². The number of hydrogen-bond donors (Lipinski definition) is 2. The molecule has 0 aromatic heterocycles.